The number of fused-ring (bicyclic) bond motifs is 14. The molecule has 1 aromatic heterocycles. The Labute approximate surface area is 302 Å². The molecular weight excluding hydrogens is 633 g/mol. The van der Waals surface area contributed by atoms with E-state index < -0.39 is 5.41 Å². The highest BCUT2D eigenvalue weighted by Crippen LogP contribution is 2.65. The van der Waals surface area contributed by atoms with Crippen LogP contribution in [0.3, 0.4) is 0 Å². The fourth-order valence-corrected chi connectivity index (χ4v) is 9.14. The number of amidine groups is 1. The van der Waals surface area contributed by atoms with Gasteiger partial charge in [-0.2, -0.15) is 0 Å². The van der Waals surface area contributed by atoms with Gasteiger partial charge in [0, 0.05) is 21.9 Å². The fraction of sp³-hybridized carbons (Fsp3) is 0.0612. The summed E-state index contributed by atoms with van der Waals surface area (Å²) >= 11 is 0. The molecule has 0 N–H and O–H groups in total. The lowest BCUT2D eigenvalue weighted by molar-refractivity contribution is 0.668. The van der Waals surface area contributed by atoms with E-state index in [9.17, 15) is 0 Å². The van der Waals surface area contributed by atoms with Gasteiger partial charge >= 0.3 is 0 Å². The summed E-state index contributed by atoms with van der Waals surface area (Å²) in [6, 6.07) is 58.7. The van der Waals surface area contributed by atoms with Gasteiger partial charge < -0.3 is 4.42 Å². The Morgan fingerprint density at radius 2 is 1.08 bits per heavy atom. The zero-order chi connectivity index (χ0) is 34.2. The molecule has 1 spiro atoms. The van der Waals surface area contributed by atoms with E-state index in [2.05, 4.69) is 164 Å². The van der Waals surface area contributed by atoms with E-state index in [0.717, 1.165) is 63.3 Å². The van der Waals surface area contributed by atoms with Crippen molar-refractivity contribution in [1.29, 1.82) is 0 Å². The van der Waals surface area contributed by atoms with Crippen LogP contribution in [0.2, 0.25) is 0 Å². The first-order chi connectivity index (χ1) is 25.8. The van der Waals surface area contributed by atoms with Crippen LogP contribution in [0.25, 0.3) is 49.9 Å². The summed E-state index contributed by atoms with van der Waals surface area (Å²) in [5.74, 6) is 0.731. The van der Waals surface area contributed by atoms with Gasteiger partial charge in [-0.05, 0) is 75.0 Å². The van der Waals surface area contributed by atoms with Crippen molar-refractivity contribution in [3.8, 4) is 22.3 Å². The number of hydrogen-bond acceptors (Lipinski definition) is 3. The second kappa shape index (κ2) is 11.2. The molecule has 0 saturated heterocycles. The molecule has 3 aliphatic rings. The van der Waals surface area contributed by atoms with Crippen molar-refractivity contribution in [2.75, 3.05) is 0 Å². The number of nitrogens with zero attached hydrogens (tertiary/aromatic N) is 2. The lowest BCUT2D eigenvalue weighted by Gasteiger charge is -2.30. The largest absolute Gasteiger partial charge is 0.456 e. The molecule has 2 aliphatic carbocycles. The van der Waals surface area contributed by atoms with Crippen molar-refractivity contribution < 1.29 is 4.42 Å². The molecule has 2 heterocycles. The molecule has 1 aliphatic heterocycles. The first kappa shape index (κ1) is 29.2. The van der Waals surface area contributed by atoms with Crippen LogP contribution in [-0.2, 0) is 5.41 Å². The highest BCUT2D eigenvalue weighted by atomic mass is 16.3. The topological polar surface area (TPSA) is 37.9 Å². The van der Waals surface area contributed by atoms with Gasteiger partial charge in [-0.3, -0.25) is 0 Å². The number of aliphatic imine (C=N–C) groups is 2. The van der Waals surface area contributed by atoms with Gasteiger partial charge in [0.15, 0.2) is 5.84 Å². The van der Waals surface area contributed by atoms with Crippen LogP contribution in [-0.4, -0.2) is 11.5 Å². The van der Waals surface area contributed by atoms with E-state index in [-0.39, 0.29) is 0 Å². The van der Waals surface area contributed by atoms with Crippen LogP contribution < -0.4 is 0 Å². The van der Waals surface area contributed by atoms with Gasteiger partial charge in [0.1, 0.15) is 11.2 Å². The molecule has 0 radical (unpaired) electrons. The van der Waals surface area contributed by atoms with Gasteiger partial charge in [0.25, 0.3) is 0 Å². The van der Waals surface area contributed by atoms with E-state index in [0.29, 0.717) is 0 Å². The lowest BCUT2D eigenvalue weighted by Crippen LogP contribution is -2.25. The molecule has 7 aromatic carbocycles. The minimum absolute atomic E-state index is 0.493. The average molecular weight is 665 g/mol. The Hall–Kier alpha value is -6.58. The summed E-state index contributed by atoms with van der Waals surface area (Å²) in [5.41, 5.74) is 16.9. The molecule has 0 fully saturated rings. The van der Waals surface area contributed by atoms with E-state index in [1.807, 2.05) is 6.07 Å². The monoisotopic (exact) mass is 664 g/mol. The molecule has 0 saturated carbocycles. The number of rotatable bonds is 3. The Kier molecular flexibility index (Phi) is 6.29. The standard InChI is InChI=1S/C49H32N2O/c1-3-15-31(16-4-1)41-26-14-27-42(51-48(50-41)32-17-5-2-6-18-32)35-22-13-25-39-45(35)33-19-7-10-23-37(33)49(39)38-24-11-8-20-34(38)46-40(49)29-30-44-47(46)36-21-9-12-28-43(36)52-44/h1-13,15-25,27-30H,14,26H2/b42-27-,50-41+,51-48-. The Bertz CT molecular complexity index is 2840. The second-order valence-electron chi connectivity index (χ2n) is 13.9. The zero-order valence-corrected chi connectivity index (χ0v) is 28.4. The predicted octanol–water partition coefficient (Wildman–Crippen LogP) is 12.0. The number of furan rings is 1. The summed E-state index contributed by atoms with van der Waals surface area (Å²) in [7, 11) is 0. The highest BCUT2D eigenvalue weighted by molar-refractivity contribution is 6.17. The van der Waals surface area contributed by atoms with E-state index >= 15 is 0 Å². The third-order valence-corrected chi connectivity index (χ3v) is 11.2. The van der Waals surface area contributed by atoms with Gasteiger partial charge in [-0.1, -0.05) is 158 Å². The number of allylic oxidation sites excluding steroid dienone is 1. The SMILES string of the molecule is C1=C(c2cccc3c2-c2ccccc2C32c3ccccc3-c3c2ccc2oc4ccccc4c32)/N=C(c2ccccc2)\N=C(\c2ccccc2)CC\1. The molecule has 8 aromatic rings. The van der Waals surface area contributed by atoms with Crippen molar-refractivity contribution in [2.24, 2.45) is 9.98 Å². The minimum atomic E-state index is -0.493. The van der Waals surface area contributed by atoms with Crippen LogP contribution in [0.4, 0.5) is 0 Å². The van der Waals surface area contributed by atoms with Crippen LogP contribution in [0.15, 0.2) is 184 Å². The first-order valence-electron chi connectivity index (χ1n) is 18.1. The number of hydrogen-bond donors (Lipinski definition) is 0. The normalized spacial score (nSPS) is 20.1. The van der Waals surface area contributed by atoms with Crippen molar-refractivity contribution >= 4 is 39.2 Å². The lowest BCUT2D eigenvalue weighted by atomic mass is 9.70. The van der Waals surface area contributed by atoms with Gasteiger partial charge in [-0.15, -0.1) is 0 Å². The van der Waals surface area contributed by atoms with E-state index in [4.69, 9.17) is 14.4 Å². The molecule has 11 rings (SSSR count). The average Bonchev–Trinajstić information content (AvgIpc) is 3.83. The van der Waals surface area contributed by atoms with Crippen molar-refractivity contribution in [2.45, 2.75) is 18.3 Å². The molecule has 0 bridgehead atoms. The summed E-state index contributed by atoms with van der Waals surface area (Å²) in [6.45, 7) is 0. The van der Waals surface area contributed by atoms with Gasteiger partial charge in [0.05, 0.1) is 16.8 Å². The predicted molar refractivity (Wildman–Crippen MR) is 213 cm³/mol. The minimum Gasteiger partial charge on any atom is -0.456 e. The quantitative estimate of drug-likeness (QED) is 0.185. The zero-order valence-electron chi connectivity index (χ0n) is 28.4. The van der Waals surface area contributed by atoms with Crippen LogP contribution in [0.5, 0.6) is 0 Å². The first-order valence-corrected chi connectivity index (χ1v) is 18.1. The summed E-state index contributed by atoms with van der Waals surface area (Å²) in [5, 5.41) is 2.34. The Balaban J connectivity index is 1.19. The molecule has 52 heavy (non-hydrogen) atoms. The molecule has 244 valence electrons. The Morgan fingerprint density at radius 3 is 1.87 bits per heavy atom. The summed E-state index contributed by atoms with van der Waals surface area (Å²) in [6.07, 6.45) is 3.98. The molecule has 1 unspecified atom stereocenters. The number of benzene rings is 7. The maximum absolute atomic E-state index is 6.45. The maximum atomic E-state index is 6.45. The maximum Gasteiger partial charge on any atom is 0.160 e. The smallest absolute Gasteiger partial charge is 0.160 e. The van der Waals surface area contributed by atoms with E-state index in [1.165, 1.54) is 49.9 Å². The molecule has 3 nitrogen and oxygen atoms in total. The molecular formula is C49H32N2O. The van der Waals surface area contributed by atoms with E-state index in [1.54, 1.807) is 0 Å². The van der Waals surface area contributed by atoms with Crippen molar-refractivity contribution in [1.82, 2.24) is 0 Å². The van der Waals surface area contributed by atoms with Gasteiger partial charge in [0.2, 0.25) is 0 Å². The molecule has 3 heteroatoms. The third kappa shape index (κ3) is 4.02. The van der Waals surface area contributed by atoms with Crippen LogP contribution in [0.1, 0.15) is 51.8 Å². The number of para-hydroxylation sites is 1. The van der Waals surface area contributed by atoms with Crippen molar-refractivity contribution in [3.05, 3.63) is 209 Å². The van der Waals surface area contributed by atoms with Gasteiger partial charge in [-0.25, -0.2) is 9.98 Å². The second-order valence-corrected chi connectivity index (χ2v) is 13.9. The molecule has 0 amide bonds. The highest BCUT2D eigenvalue weighted by Gasteiger charge is 2.52. The van der Waals surface area contributed by atoms with Crippen molar-refractivity contribution in [3.63, 3.8) is 0 Å². The molecule has 1 atom stereocenters. The Morgan fingerprint density at radius 1 is 0.462 bits per heavy atom. The summed E-state index contributed by atoms with van der Waals surface area (Å²) < 4.78 is 6.45. The van der Waals surface area contributed by atoms with Crippen LogP contribution >= 0.6 is 0 Å². The van der Waals surface area contributed by atoms with Crippen LogP contribution in [0, 0.1) is 0 Å². The third-order valence-electron chi connectivity index (χ3n) is 11.2. The summed E-state index contributed by atoms with van der Waals surface area (Å²) in [4.78, 5) is 10.7. The fourth-order valence-electron chi connectivity index (χ4n) is 9.14.